The van der Waals surface area contributed by atoms with Crippen molar-refractivity contribution in [2.45, 2.75) is 17.1 Å². The van der Waals surface area contributed by atoms with E-state index in [2.05, 4.69) is 5.32 Å². The van der Waals surface area contributed by atoms with Crippen molar-refractivity contribution >= 4 is 33.2 Å². The van der Waals surface area contributed by atoms with Crippen molar-refractivity contribution in [1.29, 1.82) is 0 Å². The molecule has 1 fully saturated rings. The highest BCUT2D eigenvalue weighted by Crippen LogP contribution is 2.25. The zero-order valence-electron chi connectivity index (χ0n) is 10.5. The molecule has 0 bridgehead atoms. The molecule has 1 aliphatic rings. The number of amides is 1. The Kier molecular flexibility index (Phi) is 4.41. The summed E-state index contributed by atoms with van der Waals surface area (Å²) in [4.78, 5) is 22.5. The fourth-order valence-corrected chi connectivity index (χ4v) is 4.79. The van der Waals surface area contributed by atoms with Crippen LogP contribution in [0.3, 0.4) is 0 Å². The molecule has 1 amide bonds. The Morgan fingerprint density at radius 1 is 1.45 bits per heavy atom. The summed E-state index contributed by atoms with van der Waals surface area (Å²) in [6.45, 7) is 0.529. The van der Waals surface area contributed by atoms with Gasteiger partial charge in [-0.15, -0.1) is 11.3 Å². The highest BCUT2D eigenvalue weighted by atomic mass is 32.2. The third-order valence-electron chi connectivity index (χ3n) is 2.78. The van der Waals surface area contributed by atoms with E-state index in [1.54, 1.807) is 0 Å². The molecular formula is C11H14N2O5S2. The summed E-state index contributed by atoms with van der Waals surface area (Å²) in [7, 11) is -3.74. The van der Waals surface area contributed by atoms with E-state index in [0.29, 0.717) is 17.8 Å². The smallest absolute Gasteiger partial charge is 0.308 e. The van der Waals surface area contributed by atoms with Gasteiger partial charge in [0.15, 0.2) is 0 Å². The topological polar surface area (TPSA) is 104 Å². The number of sulfonamides is 1. The quantitative estimate of drug-likeness (QED) is 0.806. The zero-order chi connectivity index (χ0) is 14.8. The minimum atomic E-state index is -3.74. The summed E-state index contributed by atoms with van der Waals surface area (Å²) < 4.78 is 26.0. The average Bonchev–Trinajstić information content (AvgIpc) is 2.70. The van der Waals surface area contributed by atoms with Crippen LogP contribution in [0, 0.1) is 0 Å². The predicted octanol–water partition coefficient (Wildman–Crippen LogP) is -0.114. The summed E-state index contributed by atoms with van der Waals surface area (Å²) >= 11 is 0.928. The number of aliphatic carboxylic acids is 1. The summed E-state index contributed by atoms with van der Waals surface area (Å²) in [5.74, 6) is -1.33. The van der Waals surface area contributed by atoms with E-state index in [9.17, 15) is 18.0 Å². The summed E-state index contributed by atoms with van der Waals surface area (Å²) in [5, 5.41) is 11.3. The van der Waals surface area contributed by atoms with Gasteiger partial charge in [-0.25, -0.2) is 8.42 Å². The molecule has 0 spiro atoms. The van der Waals surface area contributed by atoms with Gasteiger partial charge in [-0.3, -0.25) is 9.59 Å². The molecule has 20 heavy (non-hydrogen) atoms. The fourth-order valence-electron chi connectivity index (χ4n) is 1.85. The van der Waals surface area contributed by atoms with Gasteiger partial charge in [0, 0.05) is 18.0 Å². The molecule has 110 valence electrons. The summed E-state index contributed by atoms with van der Waals surface area (Å²) in [5.41, 5.74) is 0. The van der Waals surface area contributed by atoms with E-state index in [0.717, 1.165) is 15.6 Å². The van der Waals surface area contributed by atoms with Crippen molar-refractivity contribution in [3.05, 3.63) is 17.0 Å². The maximum atomic E-state index is 12.4. The molecule has 9 heteroatoms. The standard InChI is InChI=1S/C11H14N2O5S2/c14-9-7-13(5-1-4-12-9)20(17,18)11-3-2-8(19-11)6-10(15)16/h2-3H,1,4-7H2,(H,12,14)(H,15,16). The van der Waals surface area contributed by atoms with Crippen LogP contribution < -0.4 is 5.32 Å². The van der Waals surface area contributed by atoms with Gasteiger partial charge in [0.2, 0.25) is 5.91 Å². The molecule has 7 nitrogen and oxygen atoms in total. The van der Waals surface area contributed by atoms with Crippen molar-refractivity contribution in [3.8, 4) is 0 Å². The molecule has 0 radical (unpaired) electrons. The maximum absolute atomic E-state index is 12.4. The Balaban J connectivity index is 2.22. The number of carboxylic acid groups (broad SMARTS) is 1. The van der Waals surface area contributed by atoms with Gasteiger partial charge in [-0.05, 0) is 18.6 Å². The number of carbonyl (C=O) groups is 2. The van der Waals surface area contributed by atoms with Crippen LogP contribution in [0.25, 0.3) is 0 Å². The van der Waals surface area contributed by atoms with Crippen molar-refractivity contribution in [3.63, 3.8) is 0 Å². The highest BCUT2D eigenvalue weighted by molar-refractivity contribution is 7.91. The van der Waals surface area contributed by atoms with Crippen LogP contribution in [-0.2, 0) is 26.0 Å². The number of carboxylic acids is 1. The van der Waals surface area contributed by atoms with Gasteiger partial charge >= 0.3 is 5.97 Å². The Morgan fingerprint density at radius 3 is 2.90 bits per heavy atom. The van der Waals surface area contributed by atoms with Crippen molar-refractivity contribution < 1.29 is 23.1 Å². The number of nitrogens with zero attached hydrogens (tertiary/aromatic N) is 1. The Hall–Kier alpha value is -1.45. The molecule has 2 heterocycles. The Morgan fingerprint density at radius 2 is 2.20 bits per heavy atom. The highest BCUT2D eigenvalue weighted by Gasteiger charge is 2.29. The average molecular weight is 318 g/mol. The van der Waals surface area contributed by atoms with Gasteiger partial charge in [0.25, 0.3) is 10.0 Å². The monoisotopic (exact) mass is 318 g/mol. The van der Waals surface area contributed by atoms with Gasteiger partial charge in [0.1, 0.15) is 4.21 Å². The Bertz CT molecular complexity index is 623. The first-order valence-corrected chi connectivity index (χ1v) is 8.22. The molecule has 2 N–H and O–H groups in total. The Labute approximate surface area is 120 Å². The van der Waals surface area contributed by atoms with E-state index in [1.165, 1.54) is 12.1 Å². The van der Waals surface area contributed by atoms with Crippen molar-refractivity contribution in [2.75, 3.05) is 19.6 Å². The first kappa shape index (κ1) is 14.9. The number of nitrogens with one attached hydrogen (secondary N) is 1. The van der Waals surface area contributed by atoms with Crippen LogP contribution in [0.15, 0.2) is 16.3 Å². The second kappa shape index (κ2) is 5.90. The number of hydrogen-bond donors (Lipinski definition) is 2. The van der Waals surface area contributed by atoms with E-state index in [-0.39, 0.29) is 29.6 Å². The van der Waals surface area contributed by atoms with Crippen LogP contribution in [0.5, 0.6) is 0 Å². The lowest BCUT2D eigenvalue weighted by Crippen LogP contribution is -2.37. The largest absolute Gasteiger partial charge is 0.481 e. The fraction of sp³-hybridized carbons (Fsp3) is 0.455. The maximum Gasteiger partial charge on any atom is 0.308 e. The van der Waals surface area contributed by atoms with Crippen molar-refractivity contribution in [1.82, 2.24) is 9.62 Å². The minimum absolute atomic E-state index is 0.0726. The van der Waals surface area contributed by atoms with Crippen LogP contribution >= 0.6 is 11.3 Å². The summed E-state index contributed by atoms with van der Waals surface area (Å²) in [6, 6.07) is 2.88. The molecule has 0 saturated carbocycles. The molecule has 1 aromatic rings. The van der Waals surface area contributed by atoms with Gasteiger partial charge in [-0.2, -0.15) is 4.31 Å². The SMILES string of the molecule is O=C(O)Cc1ccc(S(=O)(=O)N2CCCNC(=O)C2)s1. The van der Waals surface area contributed by atoms with Crippen LogP contribution in [0.2, 0.25) is 0 Å². The second-order valence-corrected chi connectivity index (χ2v) is 7.67. The van der Waals surface area contributed by atoms with E-state index < -0.39 is 16.0 Å². The minimum Gasteiger partial charge on any atom is -0.481 e. The van der Waals surface area contributed by atoms with Gasteiger partial charge < -0.3 is 10.4 Å². The van der Waals surface area contributed by atoms with Crippen LogP contribution in [-0.4, -0.2) is 49.3 Å². The molecule has 0 unspecified atom stereocenters. The number of carbonyl (C=O) groups excluding carboxylic acids is 1. The molecule has 2 rings (SSSR count). The van der Waals surface area contributed by atoms with E-state index in [1.807, 2.05) is 0 Å². The van der Waals surface area contributed by atoms with E-state index in [4.69, 9.17) is 5.11 Å². The summed E-state index contributed by atoms with van der Waals surface area (Å²) in [6.07, 6.45) is 0.346. The molecule has 1 aromatic heterocycles. The van der Waals surface area contributed by atoms with Crippen molar-refractivity contribution in [2.24, 2.45) is 0 Å². The van der Waals surface area contributed by atoms with Crippen LogP contribution in [0.1, 0.15) is 11.3 Å². The third-order valence-corrected chi connectivity index (χ3v) is 6.18. The number of thiophene rings is 1. The predicted molar refractivity (Wildman–Crippen MR) is 72.0 cm³/mol. The number of hydrogen-bond acceptors (Lipinski definition) is 5. The zero-order valence-corrected chi connectivity index (χ0v) is 12.2. The first-order valence-electron chi connectivity index (χ1n) is 5.97. The van der Waals surface area contributed by atoms with Gasteiger partial charge in [0.05, 0.1) is 13.0 Å². The first-order chi connectivity index (χ1) is 9.39. The van der Waals surface area contributed by atoms with Gasteiger partial charge in [-0.1, -0.05) is 0 Å². The van der Waals surface area contributed by atoms with Crippen LogP contribution in [0.4, 0.5) is 0 Å². The third kappa shape index (κ3) is 3.35. The molecular weight excluding hydrogens is 304 g/mol. The lowest BCUT2D eigenvalue weighted by molar-refractivity contribution is -0.136. The lowest BCUT2D eigenvalue weighted by atomic mass is 10.3. The lowest BCUT2D eigenvalue weighted by Gasteiger charge is -2.17. The molecule has 0 atom stereocenters. The molecule has 1 aliphatic heterocycles. The second-order valence-electron chi connectivity index (χ2n) is 4.33. The molecule has 0 aromatic carbocycles. The normalized spacial score (nSPS) is 17.5. The molecule has 1 saturated heterocycles. The van der Waals surface area contributed by atoms with E-state index >= 15 is 0 Å². The molecule has 0 aliphatic carbocycles. The number of rotatable bonds is 4.